The quantitative estimate of drug-likeness (QED) is 0.839. The van der Waals surface area contributed by atoms with Crippen molar-refractivity contribution in [1.82, 2.24) is 4.90 Å². The van der Waals surface area contributed by atoms with Crippen molar-refractivity contribution in [2.45, 2.75) is 52.9 Å². The van der Waals surface area contributed by atoms with Gasteiger partial charge < -0.3 is 10.0 Å². The van der Waals surface area contributed by atoms with E-state index in [-0.39, 0.29) is 18.2 Å². The molecule has 1 saturated heterocycles. The molecule has 0 bridgehead atoms. The van der Waals surface area contributed by atoms with Gasteiger partial charge in [-0.2, -0.15) is 0 Å². The summed E-state index contributed by atoms with van der Waals surface area (Å²) in [6, 6.07) is 0. The fourth-order valence-corrected chi connectivity index (χ4v) is 2.27. The number of nitrogens with zero attached hydrogens (tertiary/aromatic N) is 1. The molecule has 1 amide bonds. The van der Waals surface area contributed by atoms with Gasteiger partial charge in [-0.15, -0.1) is 0 Å². The minimum absolute atomic E-state index is 0.00417. The number of carbonyl (C=O) groups excluding carboxylic acids is 1. The molecule has 4 nitrogen and oxygen atoms in total. The van der Waals surface area contributed by atoms with Crippen LogP contribution >= 0.6 is 0 Å². The van der Waals surface area contributed by atoms with Gasteiger partial charge in [-0.3, -0.25) is 9.59 Å². The highest BCUT2D eigenvalue weighted by molar-refractivity contribution is 5.85. The first-order valence-corrected chi connectivity index (χ1v) is 6.89. The van der Waals surface area contributed by atoms with Crippen LogP contribution in [-0.4, -0.2) is 35.0 Å². The second-order valence-electron chi connectivity index (χ2n) is 5.85. The van der Waals surface area contributed by atoms with Gasteiger partial charge in [0.2, 0.25) is 5.91 Å². The third kappa shape index (κ3) is 3.47. The van der Waals surface area contributed by atoms with E-state index in [1.165, 1.54) is 12.8 Å². The standard InChI is InChI=1S/C14H25NO3/c1-11(2)14(3,13(17)18)10-12(16)15-8-6-4-5-7-9-15/h11H,4-10H2,1-3H3,(H,17,18). The Labute approximate surface area is 109 Å². The minimum atomic E-state index is -0.955. The van der Waals surface area contributed by atoms with Gasteiger partial charge in [0.05, 0.1) is 5.41 Å². The van der Waals surface area contributed by atoms with Crippen LogP contribution in [0.4, 0.5) is 0 Å². The number of carbonyl (C=O) groups is 2. The van der Waals surface area contributed by atoms with Crippen LogP contribution in [0.15, 0.2) is 0 Å². The molecule has 0 saturated carbocycles. The van der Waals surface area contributed by atoms with Gasteiger partial charge in [0.1, 0.15) is 0 Å². The van der Waals surface area contributed by atoms with Crippen molar-refractivity contribution in [3.63, 3.8) is 0 Å². The van der Waals surface area contributed by atoms with Crippen molar-refractivity contribution < 1.29 is 14.7 Å². The van der Waals surface area contributed by atoms with Crippen LogP contribution in [0.25, 0.3) is 0 Å². The number of amides is 1. The molecule has 1 fully saturated rings. The Balaban J connectivity index is 2.69. The fraction of sp³-hybridized carbons (Fsp3) is 0.857. The summed E-state index contributed by atoms with van der Waals surface area (Å²) in [6.07, 6.45) is 4.53. The first-order chi connectivity index (χ1) is 8.38. The SMILES string of the molecule is CC(C)C(C)(CC(=O)N1CCCCCC1)C(=O)O. The van der Waals surface area contributed by atoms with Crippen molar-refractivity contribution in [3.05, 3.63) is 0 Å². The molecule has 4 heteroatoms. The molecule has 0 aromatic carbocycles. The van der Waals surface area contributed by atoms with E-state index in [2.05, 4.69) is 0 Å². The first kappa shape index (κ1) is 15.0. The molecule has 0 aliphatic carbocycles. The summed E-state index contributed by atoms with van der Waals surface area (Å²) < 4.78 is 0. The van der Waals surface area contributed by atoms with Crippen LogP contribution in [0.3, 0.4) is 0 Å². The maximum Gasteiger partial charge on any atom is 0.310 e. The largest absolute Gasteiger partial charge is 0.481 e. The van der Waals surface area contributed by atoms with Crippen molar-refractivity contribution >= 4 is 11.9 Å². The third-order valence-corrected chi connectivity index (χ3v) is 4.24. The smallest absolute Gasteiger partial charge is 0.310 e. The summed E-state index contributed by atoms with van der Waals surface area (Å²) in [5.74, 6) is -0.929. The lowest BCUT2D eigenvalue weighted by Crippen LogP contribution is -2.41. The van der Waals surface area contributed by atoms with E-state index in [9.17, 15) is 14.7 Å². The molecule has 1 aliphatic heterocycles. The Hall–Kier alpha value is -1.06. The first-order valence-electron chi connectivity index (χ1n) is 6.89. The second kappa shape index (κ2) is 6.21. The molecule has 1 aliphatic rings. The van der Waals surface area contributed by atoms with Crippen LogP contribution in [-0.2, 0) is 9.59 Å². The van der Waals surface area contributed by atoms with Crippen LogP contribution in [0.5, 0.6) is 0 Å². The van der Waals surface area contributed by atoms with Crippen molar-refractivity contribution in [2.75, 3.05) is 13.1 Å². The van der Waals surface area contributed by atoms with E-state index in [0.29, 0.717) is 0 Å². The summed E-state index contributed by atoms with van der Waals surface area (Å²) >= 11 is 0. The highest BCUT2D eigenvalue weighted by atomic mass is 16.4. The minimum Gasteiger partial charge on any atom is -0.481 e. The number of carboxylic acids is 1. The zero-order valence-corrected chi connectivity index (χ0v) is 11.7. The second-order valence-corrected chi connectivity index (χ2v) is 5.85. The summed E-state index contributed by atoms with van der Waals surface area (Å²) in [7, 11) is 0. The summed E-state index contributed by atoms with van der Waals surface area (Å²) in [4.78, 5) is 25.5. The van der Waals surface area contributed by atoms with E-state index in [4.69, 9.17) is 0 Å². The van der Waals surface area contributed by atoms with Crippen molar-refractivity contribution in [2.24, 2.45) is 11.3 Å². The lowest BCUT2D eigenvalue weighted by molar-refractivity contribution is -0.155. The Morgan fingerprint density at radius 1 is 1.17 bits per heavy atom. The number of aliphatic carboxylic acids is 1. The van der Waals surface area contributed by atoms with Gasteiger partial charge >= 0.3 is 5.97 Å². The molecule has 1 heterocycles. The molecule has 0 aromatic rings. The van der Waals surface area contributed by atoms with E-state index >= 15 is 0 Å². The average molecular weight is 255 g/mol. The highest BCUT2D eigenvalue weighted by Gasteiger charge is 2.39. The fourth-order valence-electron chi connectivity index (χ4n) is 2.27. The lowest BCUT2D eigenvalue weighted by Gasteiger charge is -2.31. The molecular formula is C14H25NO3. The van der Waals surface area contributed by atoms with Crippen LogP contribution in [0.2, 0.25) is 0 Å². The molecule has 104 valence electrons. The van der Waals surface area contributed by atoms with Crippen LogP contribution in [0.1, 0.15) is 52.9 Å². The zero-order chi connectivity index (χ0) is 13.8. The van der Waals surface area contributed by atoms with E-state index in [0.717, 1.165) is 25.9 Å². The van der Waals surface area contributed by atoms with Gasteiger partial charge in [0.25, 0.3) is 0 Å². The maximum absolute atomic E-state index is 12.2. The predicted octanol–water partition coefficient (Wildman–Crippen LogP) is 2.53. The summed E-state index contributed by atoms with van der Waals surface area (Å²) in [5, 5.41) is 9.33. The van der Waals surface area contributed by atoms with Crippen LogP contribution < -0.4 is 0 Å². The number of likely N-dealkylation sites (tertiary alicyclic amines) is 1. The topological polar surface area (TPSA) is 57.6 Å². The van der Waals surface area contributed by atoms with E-state index < -0.39 is 11.4 Å². The Morgan fingerprint density at radius 2 is 1.67 bits per heavy atom. The maximum atomic E-state index is 12.2. The van der Waals surface area contributed by atoms with Crippen molar-refractivity contribution in [3.8, 4) is 0 Å². The average Bonchev–Trinajstić information content (AvgIpc) is 2.56. The highest BCUT2D eigenvalue weighted by Crippen LogP contribution is 2.32. The summed E-state index contributed by atoms with van der Waals surface area (Å²) in [6.45, 7) is 6.97. The number of hydrogen-bond acceptors (Lipinski definition) is 2. The number of carboxylic acid groups (broad SMARTS) is 1. The molecule has 1 N–H and O–H groups in total. The lowest BCUT2D eigenvalue weighted by atomic mass is 9.76. The normalized spacial score (nSPS) is 20.3. The Kier molecular flexibility index (Phi) is 5.17. The van der Waals surface area contributed by atoms with Gasteiger partial charge in [-0.25, -0.2) is 0 Å². The molecule has 1 rings (SSSR count). The molecule has 1 unspecified atom stereocenters. The monoisotopic (exact) mass is 255 g/mol. The van der Waals surface area contributed by atoms with Gasteiger partial charge in [0, 0.05) is 19.5 Å². The molecular weight excluding hydrogens is 230 g/mol. The number of hydrogen-bond donors (Lipinski definition) is 1. The zero-order valence-electron chi connectivity index (χ0n) is 11.7. The van der Waals surface area contributed by atoms with E-state index in [1.54, 1.807) is 6.92 Å². The summed E-state index contributed by atoms with van der Waals surface area (Å²) in [5.41, 5.74) is -0.955. The Morgan fingerprint density at radius 3 is 2.06 bits per heavy atom. The van der Waals surface area contributed by atoms with E-state index in [1.807, 2.05) is 18.7 Å². The molecule has 1 atom stereocenters. The van der Waals surface area contributed by atoms with Crippen LogP contribution in [0, 0.1) is 11.3 Å². The number of rotatable bonds is 4. The third-order valence-electron chi connectivity index (χ3n) is 4.24. The van der Waals surface area contributed by atoms with Gasteiger partial charge in [-0.05, 0) is 25.7 Å². The molecule has 0 radical (unpaired) electrons. The van der Waals surface area contributed by atoms with Crippen molar-refractivity contribution in [1.29, 1.82) is 0 Å². The molecule has 0 spiro atoms. The van der Waals surface area contributed by atoms with Gasteiger partial charge in [-0.1, -0.05) is 26.7 Å². The molecule has 0 aromatic heterocycles. The van der Waals surface area contributed by atoms with Gasteiger partial charge in [0.15, 0.2) is 0 Å². The Bertz CT molecular complexity index is 306. The molecule has 18 heavy (non-hydrogen) atoms. The predicted molar refractivity (Wildman–Crippen MR) is 70.2 cm³/mol.